The standard InChI is InChI=1S/C19H19N5O3/c1-25-16-9-13(10-17(26-2)18(16)27-3)11-20-23-19-22-15(12-21-24-19)14-7-5-4-6-8-14/h4-12H,1-3H3,(H,22,23,24). The summed E-state index contributed by atoms with van der Waals surface area (Å²) in [5.41, 5.74) is 5.19. The highest BCUT2D eigenvalue weighted by molar-refractivity contribution is 5.82. The number of hydrogen-bond donors (Lipinski definition) is 1. The second-order valence-electron chi connectivity index (χ2n) is 5.36. The summed E-state index contributed by atoms with van der Waals surface area (Å²) in [4.78, 5) is 4.40. The quantitative estimate of drug-likeness (QED) is 0.508. The maximum atomic E-state index is 5.33. The zero-order valence-corrected chi connectivity index (χ0v) is 15.2. The highest BCUT2D eigenvalue weighted by Crippen LogP contribution is 2.37. The van der Waals surface area contributed by atoms with E-state index in [4.69, 9.17) is 14.2 Å². The lowest BCUT2D eigenvalue weighted by atomic mass is 10.2. The third-order valence-electron chi connectivity index (χ3n) is 3.69. The first kappa shape index (κ1) is 18.1. The van der Waals surface area contributed by atoms with Gasteiger partial charge in [-0.25, -0.2) is 10.4 Å². The number of methoxy groups -OCH3 is 3. The molecule has 0 radical (unpaired) electrons. The van der Waals surface area contributed by atoms with E-state index in [-0.39, 0.29) is 0 Å². The van der Waals surface area contributed by atoms with Crippen molar-refractivity contribution in [2.45, 2.75) is 0 Å². The fraction of sp³-hybridized carbons (Fsp3) is 0.158. The Hall–Kier alpha value is -3.68. The normalized spacial score (nSPS) is 10.6. The van der Waals surface area contributed by atoms with Gasteiger partial charge >= 0.3 is 0 Å². The number of hydrogen-bond acceptors (Lipinski definition) is 8. The molecular weight excluding hydrogens is 346 g/mol. The number of ether oxygens (including phenoxy) is 3. The van der Waals surface area contributed by atoms with Crippen LogP contribution in [-0.2, 0) is 0 Å². The predicted molar refractivity (Wildman–Crippen MR) is 103 cm³/mol. The Kier molecular flexibility index (Phi) is 5.78. The average molecular weight is 365 g/mol. The molecule has 2 aromatic carbocycles. The monoisotopic (exact) mass is 365 g/mol. The molecule has 3 rings (SSSR count). The molecule has 8 nitrogen and oxygen atoms in total. The van der Waals surface area contributed by atoms with Crippen molar-refractivity contribution in [1.82, 2.24) is 15.2 Å². The van der Waals surface area contributed by atoms with E-state index in [1.807, 2.05) is 30.3 Å². The first-order valence-electron chi connectivity index (χ1n) is 8.09. The number of hydrazone groups is 1. The van der Waals surface area contributed by atoms with Gasteiger partial charge in [-0.05, 0) is 12.1 Å². The zero-order chi connectivity index (χ0) is 19.1. The van der Waals surface area contributed by atoms with Crippen molar-refractivity contribution in [3.8, 4) is 28.5 Å². The molecule has 138 valence electrons. The molecule has 3 aromatic rings. The molecule has 0 spiro atoms. The van der Waals surface area contributed by atoms with Gasteiger partial charge in [-0.3, -0.25) is 0 Å². The topological polar surface area (TPSA) is 90.8 Å². The molecule has 0 saturated carbocycles. The van der Waals surface area contributed by atoms with Crippen molar-refractivity contribution in [3.05, 3.63) is 54.2 Å². The smallest absolute Gasteiger partial charge is 0.263 e. The summed E-state index contributed by atoms with van der Waals surface area (Å²) in [6.45, 7) is 0. The summed E-state index contributed by atoms with van der Waals surface area (Å²) in [5.74, 6) is 1.90. The number of benzene rings is 2. The van der Waals surface area contributed by atoms with Gasteiger partial charge in [0.05, 0.1) is 39.4 Å². The first-order chi connectivity index (χ1) is 13.2. The molecule has 0 aliphatic carbocycles. The highest BCUT2D eigenvalue weighted by Gasteiger charge is 2.12. The van der Waals surface area contributed by atoms with Crippen LogP contribution in [0.1, 0.15) is 5.56 Å². The van der Waals surface area contributed by atoms with Gasteiger partial charge in [0, 0.05) is 11.1 Å². The Bertz CT molecular complexity index is 907. The van der Waals surface area contributed by atoms with Crippen LogP contribution in [-0.4, -0.2) is 42.7 Å². The summed E-state index contributed by atoms with van der Waals surface area (Å²) >= 11 is 0. The molecule has 0 aliphatic rings. The molecule has 0 bridgehead atoms. The van der Waals surface area contributed by atoms with E-state index < -0.39 is 0 Å². The Morgan fingerprint density at radius 2 is 1.67 bits per heavy atom. The van der Waals surface area contributed by atoms with Crippen molar-refractivity contribution in [3.63, 3.8) is 0 Å². The van der Waals surface area contributed by atoms with Gasteiger partial charge < -0.3 is 14.2 Å². The summed E-state index contributed by atoms with van der Waals surface area (Å²) in [6, 6.07) is 13.3. The van der Waals surface area contributed by atoms with E-state index in [9.17, 15) is 0 Å². The molecule has 0 fully saturated rings. The van der Waals surface area contributed by atoms with Crippen LogP contribution in [0, 0.1) is 0 Å². The van der Waals surface area contributed by atoms with Crippen LogP contribution in [0.4, 0.5) is 5.95 Å². The summed E-state index contributed by atoms with van der Waals surface area (Å²) in [5, 5.41) is 12.1. The number of nitrogens with zero attached hydrogens (tertiary/aromatic N) is 4. The Morgan fingerprint density at radius 1 is 0.963 bits per heavy atom. The molecule has 27 heavy (non-hydrogen) atoms. The van der Waals surface area contributed by atoms with Crippen LogP contribution >= 0.6 is 0 Å². The largest absolute Gasteiger partial charge is 0.493 e. The summed E-state index contributed by atoms with van der Waals surface area (Å²) in [7, 11) is 4.68. The van der Waals surface area contributed by atoms with Crippen LogP contribution in [0.5, 0.6) is 17.2 Å². The average Bonchev–Trinajstić information content (AvgIpc) is 2.73. The molecule has 0 atom stereocenters. The van der Waals surface area contributed by atoms with Gasteiger partial charge in [-0.15, -0.1) is 5.10 Å². The molecule has 0 aliphatic heterocycles. The van der Waals surface area contributed by atoms with Crippen molar-refractivity contribution < 1.29 is 14.2 Å². The second kappa shape index (κ2) is 8.61. The third kappa shape index (κ3) is 4.30. The number of nitrogens with one attached hydrogen (secondary N) is 1. The lowest BCUT2D eigenvalue weighted by molar-refractivity contribution is 0.324. The Balaban J connectivity index is 1.78. The summed E-state index contributed by atoms with van der Waals surface area (Å²) in [6.07, 6.45) is 3.20. The lowest BCUT2D eigenvalue weighted by Crippen LogP contribution is -2.00. The van der Waals surface area contributed by atoms with Gasteiger partial charge in [0.2, 0.25) is 5.75 Å². The molecule has 8 heteroatoms. The molecule has 0 amide bonds. The van der Waals surface area contributed by atoms with Crippen LogP contribution in [0.2, 0.25) is 0 Å². The number of aromatic nitrogens is 3. The molecule has 1 N–H and O–H groups in total. The minimum Gasteiger partial charge on any atom is -0.493 e. The lowest BCUT2D eigenvalue weighted by Gasteiger charge is -2.12. The molecule has 1 heterocycles. The maximum Gasteiger partial charge on any atom is 0.263 e. The third-order valence-corrected chi connectivity index (χ3v) is 3.69. The van der Waals surface area contributed by atoms with Crippen LogP contribution < -0.4 is 19.6 Å². The van der Waals surface area contributed by atoms with Crippen molar-refractivity contribution >= 4 is 12.2 Å². The minimum absolute atomic E-state index is 0.292. The van der Waals surface area contributed by atoms with E-state index in [1.165, 1.54) is 0 Å². The Morgan fingerprint density at radius 3 is 2.30 bits per heavy atom. The van der Waals surface area contributed by atoms with Crippen molar-refractivity contribution in [1.29, 1.82) is 0 Å². The van der Waals surface area contributed by atoms with Crippen molar-refractivity contribution in [2.24, 2.45) is 5.10 Å². The van der Waals surface area contributed by atoms with Gasteiger partial charge in [0.15, 0.2) is 11.5 Å². The van der Waals surface area contributed by atoms with E-state index in [0.717, 1.165) is 11.1 Å². The minimum atomic E-state index is 0.292. The highest BCUT2D eigenvalue weighted by atomic mass is 16.5. The first-order valence-corrected chi connectivity index (χ1v) is 8.09. The van der Waals surface area contributed by atoms with Crippen LogP contribution in [0.3, 0.4) is 0 Å². The van der Waals surface area contributed by atoms with E-state index >= 15 is 0 Å². The maximum absolute atomic E-state index is 5.33. The SMILES string of the molecule is COc1cc(C=NNc2nncc(-c3ccccc3)n2)cc(OC)c1OC. The molecule has 1 aromatic heterocycles. The van der Waals surface area contributed by atoms with Gasteiger partial charge in [-0.2, -0.15) is 10.2 Å². The second-order valence-corrected chi connectivity index (χ2v) is 5.36. The zero-order valence-electron chi connectivity index (χ0n) is 15.2. The summed E-state index contributed by atoms with van der Waals surface area (Å²) < 4.78 is 16.0. The van der Waals surface area contributed by atoms with Crippen LogP contribution in [0.25, 0.3) is 11.3 Å². The Labute approximate surface area is 156 Å². The fourth-order valence-electron chi connectivity index (χ4n) is 2.44. The predicted octanol–water partition coefficient (Wildman–Crippen LogP) is 3.01. The van der Waals surface area contributed by atoms with E-state index in [1.54, 1.807) is 45.9 Å². The van der Waals surface area contributed by atoms with Gasteiger partial charge in [-0.1, -0.05) is 30.3 Å². The van der Waals surface area contributed by atoms with E-state index in [2.05, 4.69) is 25.7 Å². The number of anilines is 1. The van der Waals surface area contributed by atoms with Crippen LogP contribution in [0.15, 0.2) is 53.8 Å². The van der Waals surface area contributed by atoms with Gasteiger partial charge in [0.25, 0.3) is 5.95 Å². The number of rotatable bonds is 7. The van der Waals surface area contributed by atoms with Gasteiger partial charge in [0.1, 0.15) is 0 Å². The van der Waals surface area contributed by atoms with Crippen molar-refractivity contribution in [2.75, 3.05) is 26.8 Å². The van der Waals surface area contributed by atoms with E-state index in [0.29, 0.717) is 28.9 Å². The molecule has 0 saturated heterocycles. The molecular formula is C19H19N5O3. The fourth-order valence-corrected chi connectivity index (χ4v) is 2.44. The molecule has 0 unspecified atom stereocenters.